The van der Waals surface area contributed by atoms with Crippen LogP contribution in [-0.4, -0.2) is 91.3 Å². The molecule has 0 radical (unpaired) electrons. The molecule has 0 amide bonds. The van der Waals surface area contributed by atoms with E-state index in [9.17, 15) is 5.11 Å². The minimum Gasteiger partial charge on any atom is -0.462 e. The van der Waals surface area contributed by atoms with Gasteiger partial charge in [0.25, 0.3) is 0 Å². The Morgan fingerprint density at radius 3 is 2.67 bits per heavy atom. The number of nitrogens with zero attached hydrogens (tertiary/aromatic N) is 7. The summed E-state index contributed by atoms with van der Waals surface area (Å²) in [5, 5.41) is 16.7. The van der Waals surface area contributed by atoms with Gasteiger partial charge in [-0.05, 0) is 71.7 Å². The molecule has 45 heavy (non-hydrogen) atoms. The smallest absolute Gasteiger partial charge is 0.319 e. The molecule has 0 spiro atoms. The largest absolute Gasteiger partial charge is 0.462 e. The highest BCUT2D eigenvalue weighted by atomic mass is 35.5. The zero-order chi connectivity index (χ0) is 32.2. The van der Waals surface area contributed by atoms with Crippen molar-refractivity contribution in [3.8, 4) is 17.1 Å². The number of aryl methyl sites for hydroxylation is 2. The van der Waals surface area contributed by atoms with Gasteiger partial charge < -0.3 is 14.7 Å². The van der Waals surface area contributed by atoms with Crippen molar-refractivity contribution in [1.29, 1.82) is 0 Å². The van der Waals surface area contributed by atoms with Crippen molar-refractivity contribution in [3.05, 3.63) is 53.5 Å². The van der Waals surface area contributed by atoms with Crippen molar-refractivity contribution in [2.45, 2.75) is 77.9 Å². The van der Waals surface area contributed by atoms with Crippen LogP contribution in [0.3, 0.4) is 0 Å². The van der Waals surface area contributed by atoms with E-state index < -0.39 is 12.0 Å². The minimum atomic E-state index is -0.756. The normalized spacial score (nSPS) is 22.2. The summed E-state index contributed by atoms with van der Waals surface area (Å²) in [6.07, 6.45) is 4.69. The Morgan fingerprint density at radius 1 is 1.16 bits per heavy atom. The van der Waals surface area contributed by atoms with E-state index >= 15 is 4.39 Å². The first-order valence-electron chi connectivity index (χ1n) is 15.8. The molecule has 4 heterocycles. The Labute approximate surface area is 269 Å². The number of hydrogen-bond donors (Lipinski definition) is 1. The van der Waals surface area contributed by atoms with Crippen LogP contribution in [0, 0.1) is 12.7 Å². The Balaban J connectivity index is 1.50. The highest BCUT2D eigenvalue weighted by Gasteiger charge is 2.35. The van der Waals surface area contributed by atoms with E-state index in [2.05, 4.69) is 49.2 Å². The van der Waals surface area contributed by atoms with E-state index in [1.54, 1.807) is 16.9 Å². The molecule has 9 nitrogen and oxygen atoms in total. The van der Waals surface area contributed by atoms with Gasteiger partial charge in [0.1, 0.15) is 24.2 Å². The van der Waals surface area contributed by atoms with Crippen molar-refractivity contribution >= 4 is 39.2 Å². The van der Waals surface area contributed by atoms with Gasteiger partial charge in [-0.3, -0.25) is 14.5 Å². The third kappa shape index (κ3) is 5.67. The van der Waals surface area contributed by atoms with Gasteiger partial charge in [-0.15, -0.1) is 0 Å². The van der Waals surface area contributed by atoms with Crippen molar-refractivity contribution < 1.29 is 14.2 Å². The summed E-state index contributed by atoms with van der Waals surface area (Å²) in [6.45, 7) is 16.8. The third-order valence-electron chi connectivity index (χ3n) is 9.55. The minimum absolute atomic E-state index is 0.0219. The monoisotopic (exact) mass is 635 g/mol. The Kier molecular flexibility index (Phi) is 8.78. The lowest BCUT2D eigenvalue weighted by molar-refractivity contribution is 0.0000317. The molecule has 0 aliphatic carbocycles. The molecule has 0 saturated carbocycles. The van der Waals surface area contributed by atoms with Crippen LogP contribution in [0.5, 0.6) is 6.01 Å². The predicted molar refractivity (Wildman–Crippen MR) is 178 cm³/mol. The van der Waals surface area contributed by atoms with Crippen molar-refractivity contribution in [3.63, 3.8) is 0 Å². The fourth-order valence-corrected chi connectivity index (χ4v) is 7.48. The average Bonchev–Trinajstić information content (AvgIpc) is 3.64. The highest BCUT2D eigenvalue weighted by Crippen LogP contribution is 2.43. The molecule has 11 heteroatoms. The molecule has 240 valence electrons. The molecule has 6 rings (SSSR count). The number of aliphatic hydroxyl groups excluding tert-OH is 1. The van der Waals surface area contributed by atoms with Crippen LogP contribution in [0.25, 0.3) is 32.9 Å². The summed E-state index contributed by atoms with van der Waals surface area (Å²) in [4.78, 5) is 16.2. The first-order valence-corrected chi connectivity index (χ1v) is 16.2. The summed E-state index contributed by atoms with van der Waals surface area (Å²) in [5.41, 5.74) is 2.82. The molecule has 1 N–H and O–H groups in total. The SMILES string of the molecule is C=CC(O)N1C[C@H](C)N(c2nc(OC[C@@H]3CCCN3C(C)C)nc3c(F)c(-c4c(C)ccc5cnn(C)c45)c(Cl)cc23)C[C@H]1C. The number of halogens is 2. The van der Waals surface area contributed by atoms with E-state index in [0.717, 1.165) is 35.9 Å². The van der Waals surface area contributed by atoms with Gasteiger partial charge in [-0.25, -0.2) is 4.39 Å². The predicted octanol–water partition coefficient (Wildman–Crippen LogP) is 5.94. The van der Waals surface area contributed by atoms with Gasteiger partial charge in [0.15, 0.2) is 5.82 Å². The first-order chi connectivity index (χ1) is 21.5. The fourth-order valence-electron chi connectivity index (χ4n) is 7.20. The number of anilines is 1. The molecule has 2 fully saturated rings. The number of fused-ring (bicyclic) bond motifs is 2. The van der Waals surface area contributed by atoms with Crippen LogP contribution in [0.2, 0.25) is 5.02 Å². The Hall–Kier alpha value is -3.31. The van der Waals surface area contributed by atoms with E-state index in [1.165, 1.54) is 6.08 Å². The quantitative estimate of drug-likeness (QED) is 0.238. The van der Waals surface area contributed by atoms with Crippen LogP contribution in [-0.2, 0) is 7.05 Å². The third-order valence-corrected chi connectivity index (χ3v) is 9.85. The number of piperazine rings is 1. The van der Waals surface area contributed by atoms with E-state index in [1.807, 2.05) is 31.0 Å². The van der Waals surface area contributed by atoms with Crippen LogP contribution in [0.1, 0.15) is 46.1 Å². The van der Waals surface area contributed by atoms with Gasteiger partial charge in [-0.1, -0.05) is 30.3 Å². The lowest BCUT2D eigenvalue weighted by atomic mass is 9.96. The summed E-state index contributed by atoms with van der Waals surface area (Å²) in [7, 11) is 1.85. The second-order valence-electron chi connectivity index (χ2n) is 12.9. The Morgan fingerprint density at radius 2 is 1.93 bits per heavy atom. The molecule has 2 saturated heterocycles. The summed E-state index contributed by atoms with van der Waals surface area (Å²) >= 11 is 6.99. The number of likely N-dealkylation sites (tertiary alicyclic amines) is 1. The fraction of sp³-hybridized carbons (Fsp3) is 0.500. The molecule has 1 unspecified atom stereocenters. The highest BCUT2D eigenvalue weighted by molar-refractivity contribution is 6.35. The van der Waals surface area contributed by atoms with Gasteiger partial charge >= 0.3 is 6.01 Å². The maximum absolute atomic E-state index is 17.0. The summed E-state index contributed by atoms with van der Waals surface area (Å²) in [6, 6.07) is 6.43. The molecule has 2 aliphatic heterocycles. The topological polar surface area (TPSA) is 82.8 Å². The van der Waals surface area contributed by atoms with Crippen molar-refractivity contribution in [2.24, 2.45) is 7.05 Å². The maximum Gasteiger partial charge on any atom is 0.319 e. The maximum atomic E-state index is 17.0. The molecule has 2 aromatic carbocycles. The van der Waals surface area contributed by atoms with Crippen molar-refractivity contribution in [1.82, 2.24) is 29.5 Å². The van der Waals surface area contributed by atoms with Gasteiger partial charge in [0.05, 0.1) is 16.7 Å². The standard InChI is InChI=1S/C34H43ClFN7O2/c1-8-27(44)42-16-22(6)43(17-21(42)5)33-25-14-26(35)29(28-20(4)11-12-23-15-37-40(7)32(23)28)30(36)31(25)38-34(39-33)45-18-24-10-9-13-41(24)19(2)3/h8,11-12,14-15,19,21-22,24,27,44H,1,9-10,13,16-18H2,2-7H3/t21-,22+,24+,27?/m1/s1. The molecule has 2 aromatic heterocycles. The zero-order valence-corrected chi connectivity index (χ0v) is 27.7. The number of ether oxygens (including phenoxy) is 1. The lowest BCUT2D eigenvalue weighted by Gasteiger charge is -2.46. The van der Waals surface area contributed by atoms with Gasteiger partial charge in [0, 0.05) is 66.2 Å². The van der Waals surface area contributed by atoms with Gasteiger partial charge in [0.2, 0.25) is 0 Å². The number of aliphatic hydroxyl groups is 1. The first kappa shape index (κ1) is 31.7. The number of aromatic nitrogens is 4. The Bertz CT molecular complexity index is 1740. The molecular weight excluding hydrogens is 593 g/mol. The second kappa shape index (κ2) is 12.5. The molecule has 2 aliphatic rings. The molecule has 0 bridgehead atoms. The van der Waals surface area contributed by atoms with Crippen molar-refractivity contribution in [2.75, 3.05) is 31.1 Å². The molecule has 4 atom stereocenters. The average molecular weight is 636 g/mol. The number of rotatable bonds is 8. The van der Waals surface area contributed by atoms with Crippen LogP contribution >= 0.6 is 11.6 Å². The van der Waals surface area contributed by atoms with E-state index in [4.69, 9.17) is 26.3 Å². The second-order valence-corrected chi connectivity index (χ2v) is 13.3. The number of hydrogen-bond acceptors (Lipinski definition) is 8. The lowest BCUT2D eigenvalue weighted by Crippen LogP contribution is -2.59. The van der Waals surface area contributed by atoms with Crippen LogP contribution < -0.4 is 9.64 Å². The summed E-state index contributed by atoms with van der Waals surface area (Å²) < 4.78 is 25.1. The summed E-state index contributed by atoms with van der Waals surface area (Å²) in [5.74, 6) is 0.0472. The van der Waals surface area contributed by atoms with E-state index in [-0.39, 0.29) is 40.2 Å². The van der Waals surface area contributed by atoms with Crippen LogP contribution in [0.15, 0.2) is 37.1 Å². The van der Waals surface area contributed by atoms with E-state index in [0.29, 0.717) is 42.5 Å². The zero-order valence-electron chi connectivity index (χ0n) is 27.0. The number of benzene rings is 2. The van der Waals surface area contributed by atoms with Crippen LogP contribution in [0.4, 0.5) is 10.2 Å². The van der Waals surface area contributed by atoms with Gasteiger partial charge in [-0.2, -0.15) is 15.1 Å². The molecular formula is C34H43ClFN7O2. The molecule has 4 aromatic rings.